The van der Waals surface area contributed by atoms with E-state index in [1.54, 1.807) is 18.2 Å². The Morgan fingerprint density at radius 1 is 1.26 bits per heavy atom. The zero-order valence-corrected chi connectivity index (χ0v) is 11.5. The lowest BCUT2D eigenvalue weighted by Crippen LogP contribution is -2.15. The van der Waals surface area contributed by atoms with Gasteiger partial charge in [-0.05, 0) is 31.0 Å². The minimum atomic E-state index is 0.316. The summed E-state index contributed by atoms with van der Waals surface area (Å²) < 4.78 is 5.46. The minimum absolute atomic E-state index is 0.316. The quantitative estimate of drug-likeness (QED) is 0.886. The van der Waals surface area contributed by atoms with E-state index in [0.29, 0.717) is 40.2 Å². The van der Waals surface area contributed by atoms with Crippen LogP contribution in [-0.4, -0.2) is 16.2 Å². The highest BCUT2D eigenvalue weighted by atomic mass is 35.5. The van der Waals surface area contributed by atoms with Crippen LogP contribution < -0.4 is 10.6 Å². The van der Waals surface area contributed by atoms with E-state index in [9.17, 15) is 0 Å². The molecule has 2 aromatic rings. The van der Waals surface area contributed by atoms with Gasteiger partial charge in [0.25, 0.3) is 0 Å². The van der Waals surface area contributed by atoms with E-state index < -0.39 is 0 Å². The van der Waals surface area contributed by atoms with Crippen LogP contribution in [0.2, 0.25) is 10.0 Å². The molecule has 0 radical (unpaired) electrons. The van der Waals surface area contributed by atoms with Gasteiger partial charge in [-0.2, -0.15) is 0 Å². The van der Waals surface area contributed by atoms with Gasteiger partial charge in [0.1, 0.15) is 0 Å². The molecule has 0 unspecified atom stereocenters. The molecule has 2 N–H and O–H groups in total. The third-order valence-electron chi connectivity index (χ3n) is 2.76. The topological polar surface area (TPSA) is 63.0 Å². The number of hydrogen-bond acceptors (Lipinski definition) is 5. The second-order valence-corrected chi connectivity index (χ2v) is 5.25. The van der Waals surface area contributed by atoms with E-state index in [1.165, 1.54) is 12.8 Å². The second-order valence-electron chi connectivity index (χ2n) is 4.41. The number of anilines is 2. The predicted octanol–water partition coefficient (Wildman–Crippen LogP) is 3.37. The number of rotatable bonds is 5. The molecule has 100 valence electrons. The molecule has 1 aliphatic carbocycles. The number of hydrogen-bond donors (Lipinski definition) is 2. The van der Waals surface area contributed by atoms with Crippen molar-refractivity contribution >= 4 is 34.9 Å². The van der Waals surface area contributed by atoms with E-state index in [-0.39, 0.29) is 0 Å². The highest BCUT2D eigenvalue weighted by Gasteiger charge is 2.21. The summed E-state index contributed by atoms with van der Waals surface area (Å²) >= 11 is 11.9. The summed E-state index contributed by atoms with van der Waals surface area (Å²) in [5, 5.41) is 15.2. The molecule has 0 saturated heterocycles. The van der Waals surface area contributed by atoms with Gasteiger partial charge in [-0.15, -0.1) is 5.10 Å². The van der Waals surface area contributed by atoms with Gasteiger partial charge in [0.15, 0.2) is 0 Å². The largest absolute Gasteiger partial charge is 0.406 e. The molecule has 1 fully saturated rings. The van der Waals surface area contributed by atoms with Crippen LogP contribution in [0.25, 0.3) is 0 Å². The molecular weight excluding hydrogens is 287 g/mol. The summed E-state index contributed by atoms with van der Waals surface area (Å²) in [4.78, 5) is 0. The van der Waals surface area contributed by atoms with Crippen molar-refractivity contribution in [2.75, 3.05) is 5.32 Å². The van der Waals surface area contributed by atoms with Crippen molar-refractivity contribution in [3.05, 3.63) is 34.1 Å². The maximum atomic E-state index is 6.05. The monoisotopic (exact) mass is 298 g/mol. The van der Waals surface area contributed by atoms with Crippen LogP contribution in [0.3, 0.4) is 0 Å². The average molecular weight is 299 g/mol. The Bertz CT molecular complexity index is 583. The van der Waals surface area contributed by atoms with Crippen LogP contribution in [-0.2, 0) is 6.54 Å². The van der Waals surface area contributed by atoms with E-state index in [0.717, 1.165) is 0 Å². The Morgan fingerprint density at radius 3 is 2.84 bits per heavy atom. The van der Waals surface area contributed by atoms with Crippen LogP contribution in [0.1, 0.15) is 18.7 Å². The van der Waals surface area contributed by atoms with Crippen molar-refractivity contribution in [1.29, 1.82) is 0 Å². The van der Waals surface area contributed by atoms with Gasteiger partial charge in [0.2, 0.25) is 5.89 Å². The first-order valence-corrected chi connectivity index (χ1v) is 6.74. The van der Waals surface area contributed by atoms with Gasteiger partial charge in [-0.3, -0.25) is 0 Å². The fourth-order valence-electron chi connectivity index (χ4n) is 1.60. The van der Waals surface area contributed by atoms with Crippen LogP contribution in [0, 0.1) is 0 Å². The molecule has 5 nitrogen and oxygen atoms in total. The third-order valence-corrected chi connectivity index (χ3v) is 3.31. The smallest absolute Gasteiger partial charge is 0.320 e. The van der Waals surface area contributed by atoms with Crippen LogP contribution in [0.4, 0.5) is 11.7 Å². The Kier molecular flexibility index (Phi) is 3.59. The first-order valence-electron chi connectivity index (χ1n) is 5.98. The molecule has 1 saturated carbocycles. The van der Waals surface area contributed by atoms with Crippen molar-refractivity contribution in [2.45, 2.75) is 25.4 Å². The summed E-state index contributed by atoms with van der Waals surface area (Å²) in [7, 11) is 0. The fourth-order valence-corrected chi connectivity index (χ4v) is 2.06. The molecule has 0 atom stereocenters. The lowest BCUT2D eigenvalue weighted by Gasteiger charge is -2.03. The van der Waals surface area contributed by atoms with Crippen LogP contribution >= 0.6 is 23.2 Å². The van der Waals surface area contributed by atoms with Crippen molar-refractivity contribution < 1.29 is 4.42 Å². The summed E-state index contributed by atoms with van der Waals surface area (Å²) in [6.45, 7) is 0.591. The summed E-state index contributed by atoms with van der Waals surface area (Å²) in [5.74, 6) is 0.555. The zero-order chi connectivity index (χ0) is 13.2. The number of benzene rings is 1. The van der Waals surface area contributed by atoms with Gasteiger partial charge in [-0.1, -0.05) is 28.3 Å². The highest BCUT2D eigenvalue weighted by molar-refractivity contribution is 6.36. The molecule has 1 aromatic carbocycles. The molecule has 0 spiro atoms. The lowest BCUT2D eigenvalue weighted by molar-refractivity contribution is 0.478. The molecule has 0 aliphatic heterocycles. The number of nitrogens with one attached hydrogen (secondary N) is 2. The number of halogens is 2. The Balaban J connectivity index is 1.65. The Morgan fingerprint density at radius 2 is 2.11 bits per heavy atom. The van der Waals surface area contributed by atoms with Gasteiger partial charge in [0, 0.05) is 11.1 Å². The first-order chi connectivity index (χ1) is 9.20. The Hall–Kier alpha value is -1.30. The third kappa shape index (κ3) is 3.37. The molecule has 3 rings (SSSR count). The molecule has 1 aliphatic rings. The summed E-state index contributed by atoms with van der Waals surface area (Å²) in [6, 6.07) is 6.07. The van der Waals surface area contributed by atoms with Gasteiger partial charge in [0.05, 0.1) is 17.3 Å². The molecule has 0 amide bonds. The van der Waals surface area contributed by atoms with Crippen LogP contribution in [0.15, 0.2) is 22.6 Å². The highest BCUT2D eigenvalue weighted by Crippen LogP contribution is 2.27. The zero-order valence-electron chi connectivity index (χ0n) is 9.99. The molecule has 0 bridgehead atoms. The predicted molar refractivity (Wildman–Crippen MR) is 73.9 cm³/mol. The van der Waals surface area contributed by atoms with Crippen molar-refractivity contribution in [3.63, 3.8) is 0 Å². The van der Waals surface area contributed by atoms with Gasteiger partial charge in [-0.25, -0.2) is 0 Å². The van der Waals surface area contributed by atoms with E-state index in [2.05, 4.69) is 20.8 Å². The first kappa shape index (κ1) is 12.7. The van der Waals surface area contributed by atoms with Gasteiger partial charge >= 0.3 is 6.01 Å². The normalized spacial score (nSPS) is 14.6. The number of nitrogens with zero attached hydrogens (tertiary/aromatic N) is 2. The van der Waals surface area contributed by atoms with E-state index in [4.69, 9.17) is 27.6 Å². The summed E-state index contributed by atoms with van der Waals surface area (Å²) in [5.41, 5.74) is 0.677. The maximum Gasteiger partial charge on any atom is 0.320 e. The molecule has 1 aromatic heterocycles. The Labute approximate surface area is 120 Å². The average Bonchev–Trinajstić information content (AvgIpc) is 3.10. The number of aromatic nitrogens is 2. The molecule has 19 heavy (non-hydrogen) atoms. The molecule has 1 heterocycles. The minimum Gasteiger partial charge on any atom is -0.406 e. The standard InChI is InChI=1S/C12H12Cl2N4O/c13-7-1-4-10(9(14)5-7)16-12-18-17-11(19-12)6-15-8-2-3-8/h1,4-5,8,15H,2-3,6H2,(H,16,18). The van der Waals surface area contributed by atoms with E-state index >= 15 is 0 Å². The molecular formula is C12H12Cl2N4O. The molecule has 7 heteroatoms. The van der Waals surface area contributed by atoms with Gasteiger partial charge < -0.3 is 15.1 Å². The van der Waals surface area contributed by atoms with Crippen molar-refractivity contribution in [2.24, 2.45) is 0 Å². The van der Waals surface area contributed by atoms with Crippen LogP contribution in [0.5, 0.6) is 0 Å². The second kappa shape index (κ2) is 5.36. The maximum absolute atomic E-state index is 6.05. The van der Waals surface area contributed by atoms with Crippen molar-refractivity contribution in [3.8, 4) is 0 Å². The summed E-state index contributed by atoms with van der Waals surface area (Å²) in [6.07, 6.45) is 2.44. The van der Waals surface area contributed by atoms with Crippen molar-refractivity contribution in [1.82, 2.24) is 15.5 Å². The SMILES string of the molecule is Clc1ccc(Nc2nnc(CNC3CC3)o2)c(Cl)c1. The lowest BCUT2D eigenvalue weighted by atomic mass is 10.3. The fraction of sp³-hybridized carbons (Fsp3) is 0.333. The van der Waals surface area contributed by atoms with E-state index in [1.807, 2.05) is 0 Å².